The van der Waals surface area contributed by atoms with E-state index < -0.39 is 21.7 Å². The third-order valence-electron chi connectivity index (χ3n) is 6.08. The molecule has 1 saturated heterocycles. The van der Waals surface area contributed by atoms with E-state index in [-0.39, 0.29) is 35.9 Å². The maximum Gasteiger partial charge on any atom is 0.274 e. The molecule has 1 N–H and O–H groups in total. The number of fused-ring (bicyclic) bond motifs is 1. The zero-order valence-electron chi connectivity index (χ0n) is 19.3. The van der Waals surface area contributed by atoms with E-state index in [1.54, 1.807) is 43.7 Å². The van der Waals surface area contributed by atoms with Crippen molar-refractivity contribution in [1.82, 2.24) is 13.9 Å². The van der Waals surface area contributed by atoms with Crippen molar-refractivity contribution in [1.29, 1.82) is 0 Å². The molecule has 4 aromatic rings. The van der Waals surface area contributed by atoms with Gasteiger partial charge in [-0.3, -0.25) is 4.79 Å². The lowest BCUT2D eigenvalue weighted by atomic mass is 10.0. The molecule has 0 atom stereocenters. The number of morpholine rings is 1. The zero-order valence-corrected chi connectivity index (χ0v) is 20.1. The predicted octanol–water partition coefficient (Wildman–Crippen LogP) is 3.77. The number of ether oxygens (including phenoxy) is 2. The molecule has 3 heterocycles. The number of hydrogen-bond donors (Lipinski definition) is 1. The predicted molar refractivity (Wildman–Crippen MR) is 130 cm³/mol. The number of nitrogens with zero attached hydrogens (tertiary/aromatic N) is 2. The van der Waals surface area contributed by atoms with Crippen molar-refractivity contribution in [3.8, 4) is 22.6 Å². The molecule has 11 heteroatoms. The number of benzene rings is 2. The van der Waals surface area contributed by atoms with E-state index in [4.69, 9.17) is 9.47 Å². The molecule has 1 aliphatic heterocycles. The van der Waals surface area contributed by atoms with Gasteiger partial charge in [0, 0.05) is 55.1 Å². The Morgan fingerprint density at radius 2 is 1.78 bits per heavy atom. The third kappa shape index (κ3) is 4.64. The minimum Gasteiger partial charge on any atom is -0.454 e. The Kier molecular flexibility index (Phi) is 6.37. The standard InChI is InChI=1S/C25H23F2N3O5S/c1-29-7-6-18-20(14-28-24(18)25(29)31)19-12-16(15-36(32,33)30-8-10-34-11-9-30)2-4-22(19)35-23-5-3-17(26)13-21(23)27/h2-7,12-14,28H,8-11,15H2,1H3. The van der Waals surface area contributed by atoms with Crippen molar-refractivity contribution >= 4 is 20.9 Å². The Hall–Kier alpha value is -3.54. The van der Waals surface area contributed by atoms with Crippen molar-refractivity contribution < 1.29 is 26.7 Å². The largest absolute Gasteiger partial charge is 0.454 e. The number of aromatic nitrogens is 2. The number of rotatable bonds is 6. The summed E-state index contributed by atoms with van der Waals surface area (Å²) in [5.74, 6) is -1.85. The number of sulfonamides is 1. The van der Waals surface area contributed by atoms with E-state index in [0.29, 0.717) is 46.9 Å². The smallest absolute Gasteiger partial charge is 0.274 e. The van der Waals surface area contributed by atoms with Gasteiger partial charge in [0.05, 0.1) is 19.0 Å². The first kappa shape index (κ1) is 24.2. The average molecular weight is 516 g/mol. The molecule has 0 unspecified atom stereocenters. The van der Waals surface area contributed by atoms with E-state index in [1.807, 2.05) is 0 Å². The number of hydrogen-bond acceptors (Lipinski definition) is 5. The summed E-state index contributed by atoms with van der Waals surface area (Å²) in [5.41, 5.74) is 1.64. The fourth-order valence-electron chi connectivity index (χ4n) is 4.21. The van der Waals surface area contributed by atoms with Gasteiger partial charge in [0.2, 0.25) is 10.0 Å². The lowest BCUT2D eigenvalue weighted by Crippen LogP contribution is -2.41. The molecule has 8 nitrogen and oxygen atoms in total. The molecule has 2 aromatic carbocycles. The number of aryl methyl sites for hydroxylation is 1. The second-order valence-corrected chi connectivity index (χ2v) is 10.5. The quantitative estimate of drug-likeness (QED) is 0.422. The molecule has 0 bridgehead atoms. The van der Waals surface area contributed by atoms with Gasteiger partial charge in [0.25, 0.3) is 5.56 Å². The van der Waals surface area contributed by atoms with Crippen LogP contribution >= 0.6 is 0 Å². The molecule has 1 aliphatic rings. The summed E-state index contributed by atoms with van der Waals surface area (Å²) in [6.45, 7) is 1.24. The molecule has 5 rings (SSSR count). The molecule has 0 aliphatic carbocycles. The SMILES string of the molecule is Cn1ccc2c(-c3cc(CS(=O)(=O)N4CCOCC4)ccc3Oc3ccc(F)cc3F)c[nH]c2c1=O. The van der Waals surface area contributed by atoms with E-state index in [2.05, 4.69) is 4.98 Å². The second-order valence-electron chi connectivity index (χ2n) is 8.50. The van der Waals surface area contributed by atoms with Crippen molar-refractivity contribution in [3.05, 3.63) is 82.4 Å². The summed E-state index contributed by atoms with van der Waals surface area (Å²) in [5, 5.41) is 0.593. The summed E-state index contributed by atoms with van der Waals surface area (Å²) in [7, 11) is -1.98. The molecule has 0 radical (unpaired) electrons. The number of H-pyrrole nitrogens is 1. The first-order valence-corrected chi connectivity index (χ1v) is 12.8. The third-order valence-corrected chi connectivity index (χ3v) is 7.93. The molecule has 36 heavy (non-hydrogen) atoms. The van der Waals surface area contributed by atoms with E-state index in [9.17, 15) is 22.0 Å². The van der Waals surface area contributed by atoms with Gasteiger partial charge in [-0.2, -0.15) is 4.31 Å². The fraction of sp³-hybridized carbons (Fsp3) is 0.240. The van der Waals surface area contributed by atoms with E-state index in [1.165, 1.54) is 14.9 Å². The number of nitrogens with one attached hydrogen (secondary N) is 1. The van der Waals surface area contributed by atoms with Crippen LogP contribution in [-0.4, -0.2) is 48.6 Å². The van der Waals surface area contributed by atoms with E-state index >= 15 is 0 Å². The highest BCUT2D eigenvalue weighted by molar-refractivity contribution is 7.88. The lowest BCUT2D eigenvalue weighted by Gasteiger charge is -2.26. The zero-order chi connectivity index (χ0) is 25.4. The number of aromatic amines is 1. The molecular weight excluding hydrogens is 492 g/mol. The topological polar surface area (TPSA) is 93.6 Å². The lowest BCUT2D eigenvalue weighted by molar-refractivity contribution is 0.0729. The summed E-state index contributed by atoms with van der Waals surface area (Å²) < 4.78 is 67.6. The summed E-state index contributed by atoms with van der Waals surface area (Å²) in [4.78, 5) is 15.5. The van der Waals surface area contributed by atoms with Gasteiger partial charge in [0.1, 0.15) is 17.1 Å². The fourth-order valence-corrected chi connectivity index (χ4v) is 5.70. The Morgan fingerprint density at radius 3 is 2.53 bits per heavy atom. The van der Waals surface area contributed by atoms with Crippen molar-refractivity contribution in [3.63, 3.8) is 0 Å². The minimum atomic E-state index is -3.61. The van der Waals surface area contributed by atoms with Gasteiger partial charge >= 0.3 is 0 Å². The second kappa shape index (κ2) is 9.49. The summed E-state index contributed by atoms with van der Waals surface area (Å²) in [6.07, 6.45) is 3.24. The van der Waals surface area contributed by atoms with Gasteiger partial charge in [-0.05, 0) is 35.9 Å². The molecule has 2 aromatic heterocycles. The van der Waals surface area contributed by atoms with Gasteiger partial charge in [-0.25, -0.2) is 17.2 Å². The Morgan fingerprint density at radius 1 is 1.03 bits per heavy atom. The van der Waals surface area contributed by atoms with Crippen molar-refractivity contribution in [2.24, 2.45) is 7.05 Å². The van der Waals surface area contributed by atoms with Gasteiger partial charge in [-0.1, -0.05) is 6.07 Å². The van der Waals surface area contributed by atoms with Crippen molar-refractivity contribution in [2.45, 2.75) is 5.75 Å². The number of pyridine rings is 1. The van der Waals surface area contributed by atoms with Gasteiger partial charge in [-0.15, -0.1) is 0 Å². The number of halogens is 2. The summed E-state index contributed by atoms with van der Waals surface area (Å²) in [6, 6.07) is 9.51. The monoisotopic (exact) mass is 515 g/mol. The molecule has 188 valence electrons. The van der Waals surface area contributed by atoms with Crippen LogP contribution in [0.1, 0.15) is 5.56 Å². The van der Waals surface area contributed by atoms with E-state index in [0.717, 1.165) is 6.07 Å². The first-order valence-electron chi connectivity index (χ1n) is 11.2. The molecule has 0 saturated carbocycles. The Labute approximate surface area is 205 Å². The molecular formula is C25H23F2N3O5S. The normalized spacial score (nSPS) is 14.9. The molecule has 0 amide bonds. The van der Waals surface area contributed by atoms with Crippen LogP contribution in [0.5, 0.6) is 11.5 Å². The van der Waals surface area contributed by atoms with Crippen molar-refractivity contribution in [2.75, 3.05) is 26.3 Å². The van der Waals surface area contributed by atoms with Crippen LogP contribution in [0.3, 0.4) is 0 Å². The summed E-state index contributed by atoms with van der Waals surface area (Å²) >= 11 is 0. The highest BCUT2D eigenvalue weighted by Crippen LogP contribution is 2.38. The molecule has 0 spiro atoms. The Bertz CT molecular complexity index is 1610. The van der Waals surface area contributed by atoms with Crippen LogP contribution in [0.25, 0.3) is 22.0 Å². The maximum absolute atomic E-state index is 14.4. The van der Waals surface area contributed by atoms with Crippen LogP contribution in [0, 0.1) is 11.6 Å². The Balaban J connectivity index is 1.60. The van der Waals surface area contributed by atoms with Crippen LogP contribution in [0.15, 0.2) is 59.7 Å². The molecule has 1 fully saturated rings. The maximum atomic E-state index is 14.4. The van der Waals surface area contributed by atoms with Crippen LogP contribution < -0.4 is 10.3 Å². The van der Waals surface area contributed by atoms with Crippen LogP contribution in [0.2, 0.25) is 0 Å². The van der Waals surface area contributed by atoms with Gasteiger partial charge in [0.15, 0.2) is 11.6 Å². The van der Waals surface area contributed by atoms with Gasteiger partial charge < -0.3 is 19.0 Å². The van der Waals surface area contributed by atoms with Crippen LogP contribution in [0.4, 0.5) is 8.78 Å². The van der Waals surface area contributed by atoms with Crippen LogP contribution in [-0.2, 0) is 27.6 Å². The average Bonchev–Trinajstić information content (AvgIpc) is 3.29. The first-order chi connectivity index (χ1) is 17.2. The highest BCUT2D eigenvalue weighted by atomic mass is 32.2. The minimum absolute atomic E-state index is 0.193. The highest BCUT2D eigenvalue weighted by Gasteiger charge is 2.25.